The molecule has 5 N–H and O–H groups in total. The van der Waals surface area contributed by atoms with E-state index in [0.717, 1.165) is 44.3 Å². The molecule has 15 nitrogen and oxygen atoms in total. The Balaban J connectivity index is 0.000000226. The van der Waals surface area contributed by atoms with Crippen LogP contribution in [0.3, 0.4) is 0 Å². The Morgan fingerprint density at radius 3 is 1.97 bits per heavy atom. The summed E-state index contributed by atoms with van der Waals surface area (Å²) in [6.45, 7) is 8.80. The lowest BCUT2D eigenvalue weighted by Gasteiger charge is -2.27. The van der Waals surface area contributed by atoms with E-state index < -0.39 is 70.5 Å². The number of hydrogen-bond donors (Lipinski definition) is 4. The van der Waals surface area contributed by atoms with E-state index in [1.54, 1.807) is 41.5 Å². The highest BCUT2D eigenvalue weighted by Crippen LogP contribution is 2.33. The van der Waals surface area contributed by atoms with Crippen LogP contribution in [-0.4, -0.2) is 125 Å². The topological polar surface area (TPSA) is 201 Å². The Morgan fingerprint density at radius 1 is 0.786 bits per heavy atom. The summed E-state index contributed by atoms with van der Waals surface area (Å²) in [7, 11) is 0. The van der Waals surface area contributed by atoms with Gasteiger partial charge >= 0.3 is 12.1 Å². The van der Waals surface area contributed by atoms with Crippen LogP contribution in [0.2, 0.25) is 0 Å². The lowest BCUT2D eigenvalue weighted by atomic mass is 10.0. The fourth-order valence-corrected chi connectivity index (χ4v) is 8.91. The van der Waals surface area contributed by atoms with Crippen LogP contribution >= 0.6 is 0 Å². The van der Waals surface area contributed by atoms with Gasteiger partial charge in [0.15, 0.2) is 23.3 Å². The number of carbonyl (C=O) groups is 6. The van der Waals surface area contributed by atoms with E-state index in [-0.39, 0.29) is 84.6 Å². The van der Waals surface area contributed by atoms with Crippen LogP contribution in [0.15, 0.2) is 60.9 Å². The smallest absolute Gasteiger partial charge is 0.407 e. The molecule has 0 saturated carbocycles. The molecule has 0 aliphatic carbocycles. The third-order valence-electron chi connectivity index (χ3n) is 12.0. The molecule has 0 aromatic heterocycles. The highest BCUT2D eigenvalue weighted by Gasteiger charge is 2.45. The summed E-state index contributed by atoms with van der Waals surface area (Å²) in [4.78, 5) is 74.8. The number of nitrogens with two attached hydrogens (primary N) is 1. The monoisotopic (exact) mass is 992 g/mol. The van der Waals surface area contributed by atoms with Gasteiger partial charge < -0.3 is 45.6 Å². The first-order valence-electron chi connectivity index (χ1n) is 22.4. The number of benzene rings is 3. The number of amides is 4. The number of hydrogen-bond acceptors (Lipinski definition) is 10. The van der Waals surface area contributed by atoms with Crippen molar-refractivity contribution < 1.29 is 74.1 Å². The number of rotatable bonds is 13. The molecule has 4 heterocycles. The highest BCUT2D eigenvalue weighted by atomic mass is 19.2. The van der Waals surface area contributed by atoms with E-state index >= 15 is 0 Å². The SMILES string of the molecule is CC(C)(C)OC(=O)N[C@@H](CC(=O)N1CC[C@H]2CNC[C@H]21)Cc1cc(F)c(F)cc1F.N[C@@H](CC(=O)N1CC[C@H]2CN(C(=O)c3cccc(F)c3)C[C@H]21)Cc1cc(F)c(F)cc1F.O=CO/C=C/C(=O)O. The number of carboxylic acids is 1. The molecule has 70 heavy (non-hydrogen) atoms. The van der Waals surface area contributed by atoms with Gasteiger partial charge in [-0.2, -0.15) is 0 Å². The second kappa shape index (κ2) is 24.3. The van der Waals surface area contributed by atoms with Crippen molar-refractivity contribution in [2.75, 3.05) is 39.3 Å². The standard InChI is InChI=1S/C23H23F4N3O2.C21H28F3N3O3.C4H4O4/c24-16-3-1-2-13(6-16)23(32)29-11-14-4-5-30(21(14)12-29)22(31)9-17(28)7-15-8-19(26)20(27)10-18(15)25;1-21(2,3)30-20(29)26-14(6-13-7-16(23)17(24)9-15(13)22)8-19(28)27-5-4-12-10-25-11-18(12)27;5-3-8-2-1-4(6)7/h1-3,6,8,10,14,17,21H,4-5,7,9,11-12,28H2;7,9,12,14,18,25H,4-6,8,10-11H2,1-3H3,(H,26,29);1-3H,(H,6,7)/b;;2-1+/t14-,17+,21+;12-,14+,18+;/m00./s1. The number of nitrogens with zero attached hydrogens (tertiary/aromatic N) is 3. The van der Waals surface area contributed by atoms with Crippen molar-refractivity contribution in [1.82, 2.24) is 25.3 Å². The molecule has 0 unspecified atom stereocenters. The Morgan fingerprint density at radius 2 is 1.37 bits per heavy atom. The number of nitrogens with one attached hydrogen (secondary N) is 2. The van der Waals surface area contributed by atoms with Crippen molar-refractivity contribution in [3.63, 3.8) is 0 Å². The Bertz CT molecular complexity index is 2420. The van der Waals surface area contributed by atoms with Crippen molar-refractivity contribution in [2.45, 2.75) is 89.1 Å². The van der Waals surface area contributed by atoms with Gasteiger partial charge in [-0.15, -0.1) is 0 Å². The van der Waals surface area contributed by atoms with Crippen LogP contribution in [-0.2, 0) is 41.5 Å². The zero-order valence-electron chi connectivity index (χ0n) is 38.6. The van der Waals surface area contributed by atoms with E-state index in [2.05, 4.69) is 15.4 Å². The van der Waals surface area contributed by atoms with Crippen LogP contribution in [0.25, 0.3) is 0 Å². The number of halogens is 7. The molecule has 4 amide bonds. The quantitative estimate of drug-likeness (QED) is 0.0564. The van der Waals surface area contributed by atoms with Crippen molar-refractivity contribution in [3.8, 4) is 0 Å². The second-order valence-corrected chi connectivity index (χ2v) is 18.3. The average molecular weight is 993 g/mol. The molecular weight excluding hydrogens is 938 g/mol. The van der Waals surface area contributed by atoms with Gasteiger partial charge in [-0.1, -0.05) is 6.07 Å². The first-order valence-corrected chi connectivity index (χ1v) is 22.4. The van der Waals surface area contributed by atoms with Crippen LogP contribution in [0.1, 0.15) is 67.9 Å². The third-order valence-corrected chi connectivity index (χ3v) is 12.0. The fraction of sp³-hybridized carbons (Fsp3) is 0.458. The number of aliphatic carboxylic acids is 1. The Labute approximate surface area is 399 Å². The van der Waals surface area contributed by atoms with Gasteiger partial charge in [-0.05, 0) is 93.8 Å². The van der Waals surface area contributed by atoms with Crippen molar-refractivity contribution >= 4 is 36.3 Å². The maximum Gasteiger partial charge on any atom is 0.407 e. The number of alkyl carbamates (subject to hydrolysis) is 1. The number of ether oxygens (including phenoxy) is 2. The predicted molar refractivity (Wildman–Crippen MR) is 237 cm³/mol. The maximum absolute atomic E-state index is 14.2. The molecule has 4 saturated heterocycles. The molecule has 0 spiro atoms. The summed E-state index contributed by atoms with van der Waals surface area (Å²) in [6.07, 6.45) is 1.92. The van der Waals surface area contributed by atoms with Gasteiger partial charge in [0.05, 0.1) is 12.1 Å². The zero-order valence-corrected chi connectivity index (χ0v) is 38.6. The van der Waals surface area contributed by atoms with E-state index in [1.165, 1.54) is 18.2 Å². The van der Waals surface area contributed by atoms with E-state index in [9.17, 15) is 59.5 Å². The summed E-state index contributed by atoms with van der Waals surface area (Å²) in [5.74, 6) is -8.55. The minimum absolute atomic E-state index is 0.0838. The number of likely N-dealkylation sites (tertiary alicyclic amines) is 3. The van der Waals surface area contributed by atoms with Gasteiger partial charge in [0.1, 0.15) is 29.3 Å². The van der Waals surface area contributed by atoms with Crippen LogP contribution < -0.4 is 16.4 Å². The normalized spacial score (nSPS) is 20.1. The number of carbonyl (C=O) groups excluding carboxylic acids is 5. The van der Waals surface area contributed by atoms with Gasteiger partial charge in [0.25, 0.3) is 12.4 Å². The molecule has 6 atom stereocenters. The number of carboxylic acid groups (broad SMARTS) is 1. The van der Waals surface area contributed by atoms with Crippen LogP contribution in [0, 0.1) is 52.6 Å². The van der Waals surface area contributed by atoms with Gasteiger partial charge in [-0.3, -0.25) is 19.2 Å². The molecule has 4 fully saturated rings. The fourth-order valence-electron chi connectivity index (χ4n) is 8.91. The maximum atomic E-state index is 14.2. The first kappa shape index (κ1) is 54.4. The molecule has 3 aromatic carbocycles. The first-order chi connectivity index (χ1) is 33.0. The predicted octanol–water partition coefficient (Wildman–Crippen LogP) is 5.38. The third kappa shape index (κ3) is 15.2. The minimum Gasteiger partial charge on any atom is -0.478 e. The molecule has 3 aromatic rings. The summed E-state index contributed by atoms with van der Waals surface area (Å²) >= 11 is 0. The lowest BCUT2D eigenvalue weighted by Crippen LogP contribution is -2.46. The largest absolute Gasteiger partial charge is 0.478 e. The lowest BCUT2D eigenvalue weighted by molar-refractivity contribution is -0.133. The molecule has 0 bridgehead atoms. The van der Waals surface area contributed by atoms with Crippen molar-refractivity contribution in [2.24, 2.45) is 17.6 Å². The summed E-state index contributed by atoms with van der Waals surface area (Å²) < 4.78 is 104. The molecule has 380 valence electrons. The van der Waals surface area contributed by atoms with Crippen molar-refractivity contribution in [1.29, 1.82) is 0 Å². The second-order valence-electron chi connectivity index (χ2n) is 18.3. The number of fused-ring (bicyclic) bond motifs is 2. The van der Waals surface area contributed by atoms with Gasteiger partial charge in [0, 0.05) is 93.8 Å². The van der Waals surface area contributed by atoms with Gasteiger partial charge in [0.2, 0.25) is 11.8 Å². The molecule has 7 rings (SSSR count). The van der Waals surface area contributed by atoms with Gasteiger partial charge in [-0.25, -0.2) is 40.3 Å². The highest BCUT2D eigenvalue weighted by molar-refractivity contribution is 5.94. The summed E-state index contributed by atoms with van der Waals surface area (Å²) in [6, 6.07) is 6.28. The molecule has 0 radical (unpaired) electrons. The van der Waals surface area contributed by atoms with E-state index in [1.807, 2.05) is 0 Å². The van der Waals surface area contributed by atoms with Crippen molar-refractivity contribution in [3.05, 3.63) is 118 Å². The summed E-state index contributed by atoms with van der Waals surface area (Å²) in [5, 5.41) is 13.7. The molecular formula is C48H55F7N6O9. The van der Waals surface area contributed by atoms with Crippen LogP contribution in [0.4, 0.5) is 35.5 Å². The summed E-state index contributed by atoms with van der Waals surface area (Å²) in [5.41, 5.74) is 5.30. The zero-order chi connectivity index (χ0) is 51.4. The van der Waals surface area contributed by atoms with Crippen LogP contribution in [0.5, 0.6) is 0 Å². The Hall–Kier alpha value is -6.55. The average Bonchev–Trinajstić information content (AvgIpc) is 4.08. The molecule has 22 heteroatoms. The molecule has 4 aliphatic heterocycles. The molecule has 4 aliphatic rings. The minimum atomic E-state index is -1.29. The van der Waals surface area contributed by atoms with E-state index in [0.29, 0.717) is 50.3 Å². The van der Waals surface area contributed by atoms with E-state index in [4.69, 9.17) is 15.6 Å². The Kier molecular flexibility index (Phi) is 18.9.